The van der Waals surface area contributed by atoms with Crippen LogP contribution in [0.3, 0.4) is 0 Å². The molecule has 0 spiro atoms. The van der Waals surface area contributed by atoms with Gasteiger partial charge in [-0.2, -0.15) is 0 Å². The lowest BCUT2D eigenvalue weighted by atomic mass is 10.1. The molecule has 0 aliphatic carbocycles. The molecule has 0 saturated heterocycles. The molecule has 0 fully saturated rings. The van der Waals surface area contributed by atoms with E-state index in [1.807, 2.05) is 0 Å². The summed E-state index contributed by atoms with van der Waals surface area (Å²) in [6, 6.07) is 4.17. The molecule has 3 aromatic rings. The molecular weight excluding hydrogens is 520 g/mol. The summed E-state index contributed by atoms with van der Waals surface area (Å²) in [6.45, 7) is 4.40. The average molecular weight is 544 g/mol. The highest BCUT2D eigenvalue weighted by atomic mass is 16.6. The molecule has 0 aliphatic rings. The van der Waals surface area contributed by atoms with E-state index in [1.54, 1.807) is 0 Å². The van der Waals surface area contributed by atoms with E-state index in [4.69, 9.17) is 37.6 Å². The minimum absolute atomic E-state index is 0.0772. The van der Waals surface area contributed by atoms with Gasteiger partial charge in [0.2, 0.25) is 28.4 Å². The first-order valence-corrected chi connectivity index (χ1v) is 11.1. The molecule has 1 heterocycles. The van der Waals surface area contributed by atoms with Crippen molar-refractivity contribution in [3.63, 3.8) is 0 Å². The summed E-state index contributed by atoms with van der Waals surface area (Å²) in [5, 5.41) is -0.442. The van der Waals surface area contributed by atoms with Gasteiger partial charge in [0.1, 0.15) is 5.39 Å². The van der Waals surface area contributed by atoms with Gasteiger partial charge in [0.05, 0.1) is 21.3 Å². The van der Waals surface area contributed by atoms with Gasteiger partial charge in [-0.05, 0) is 18.2 Å². The van der Waals surface area contributed by atoms with Gasteiger partial charge in [-0.3, -0.25) is 24.0 Å². The molecule has 0 aliphatic heterocycles. The third kappa shape index (κ3) is 5.76. The van der Waals surface area contributed by atoms with Crippen LogP contribution in [0.1, 0.15) is 27.7 Å². The van der Waals surface area contributed by atoms with Crippen molar-refractivity contribution in [2.24, 2.45) is 0 Å². The van der Waals surface area contributed by atoms with Gasteiger partial charge in [-0.15, -0.1) is 0 Å². The molecule has 39 heavy (non-hydrogen) atoms. The summed E-state index contributed by atoms with van der Waals surface area (Å²) in [7, 11) is 3.78. The van der Waals surface area contributed by atoms with Crippen LogP contribution in [0.25, 0.3) is 22.3 Å². The van der Waals surface area contributed by atoms with Gasteiger partial charge in [0.15, 0.2) is 28.6 Å². The van der Waals surface area contributed by atoms with E-state index in [9.17, 15) is 24.0 Å². The first-order chi connectivity index (χ1) is 18.4. The minimum Gasteiger partial charge on any atom is -0.493 e. The topological polar surface area (TPSA) is 163 Å². The van der Waals surface area contributed by atoms with Gasteiger partial charge >= 0.3 is 23.9 Å². The summed E-state index contributed by atoms with van der Waals surface area (Å²) in [5.74, 6) is -5.25. The molecule has 0 amide bonds. The van der Waals surface area contributed by atoms with E-state index < -0.39 is 51.9 Å². The van der Waals surface area contributed by atoms with Crippen molar-refractivity contribution >= 4 is 34.8 Å². The quantitative estimate of drug-likeness (QED) is 0.300. The first-order valence-electron chi connectivity index (χ1n) is 11.1. The molecule has 206 valence electrons. The van der Waals surface area contributed by atoms with Crippen LogP contribution < -0.4 is 38.6 Å². The number of hydrogen-bond donors (Lipinski definition) is 0. The van der Waals surface area contributed by atoms with Gasteiger partial charge in [-0.1, -0.05) is 0 Å². The number of hydrogen-bond acceptors (Lipinski definition) is 13. The summed E-state index contributed by atoms with van der Waals surface area (Å²) in [5.41, 5.74) is -1.10. The summed E-state index contributed by atoms with van der Waals surface area (Å²) in [6.07, 6.45) is 0. The Morgan fingerprint density at radius 3 is 1.67 bits per heavy atom. The Morgan fingerprint density at radius 2 is 1.15 bits per heavy atom. The van der Waals surface area contributed by atoms with E-state index in [2.05, 4.69) is 0 Å². The lowest BCUT2D eigenvalue weighted by molar-refractivity contribution is -0.134. The fourth-order valence-corrected chi connectivity index (χ4v) is 3.63. The molecule has 13 nitrogen and oxygen atoms in total. The third-order valence-corrected chi connectivity index (χ3v) is 4.95. The Morgan fingerprint density at radius 1 is 0.615 bits per heavy atom. The van der Waals surface area contributed by atoms with Crippen LogP contribution in [-0.4, -0.2) is 45.2 Å². The second-order valence-electron chi connectivity index (χ2n) is 7.76. The smallest absolute Gasteiger partial charge is 0.308 e. The van der Waals surface area contributed by atoms with Crippen molar-refractivity contribution in [1.29, 1.82) is 0 Å². The van der Waals surface area contributed by atoms with Crippen molar-refractivity contribution in [3.8, 4) is 51.6 Å². The number of fused-ring (bicyclic) bond motifs is 1. The Balaban J connectivity index is 2.55. The van der Waals surface area contributed by atoms with Crippen LogP contribution >= 0.6 is 0 Å². The molecule has 2 aromatic carbocycles. The van der Waals surface area contributed by atoms with Crippen LogP contribution in [0, 0.1) is 0 Å². The Bertz CT molecular complexity index is 1550. The molecule has 0 atom stereocenters. The van der Waals surface area contributed by atoms with Gasteiger partial charge < -0.3 is 37.6 Å². The van der Waals surface area contributed by atoms with Crippen molar-refractivity contribution < 1.29 is 56.8 Å². The highest BCUT2D eigenvalue weighted by Gasteiger charge is 2.33. The number of carbonyl (C=O) groups is 4. The largest absolute Gasteiger partial charge is 0.493 e. The average Bonchev–Trinajstić information content (AvgIpc) is 2.85. The number of esters is 4. The van der Waals surface area contributed by atoms with E-state index >= 15 is 0 Å². The molecule has 13 heteroatoms. The minimum atomic E-state index is -0.977. The molecule has 3 rings (SSSR count). The highest BCUT2D eigenvalue weighted by molar-refractivity contribution is 5.99. The summed E-state index contributed by atoms with van der Waals surface area (Å²) in [4.78, 5) is 61.2. The van der Waals surface area contributed by atoms with Gasteiger partial charge in [0, 0.05) is 33.3 Å². The first kappa shape index (κ1) is 28.5. The zero-order valence-electron chi connectivity index (χ0n) is 22.0. The molecule has 1 aromatic heterocycles. The second-order valence-corrected chi connectivity index (χ2v) is 7.76. The Labute approximate surface area is 221 Å². The zero-order valence-corrected chi connectivity index (χ0v) is 22.0. The third-order valence-electron chi connectivity index (χ3n) is 4.95. The van der Waals surface area contributed by atoms with Crippen LogP contribution in [0.2, 0.25) is 0 Å². The fourth-order valence-electron chi connectivity index (χ4n) is 3.63. The van der Waals surface area contributed by atoms with Crippen LogP contribution in [0.5, 0.6) is 40.2 Å². The monoisotopic (exact) mass is 544 g/mol. The number of rotatable bonds is 8. The lowest BCUT2D eigenvalue weighted by Crippen LogP contribution is -2.17. The SMILES string of the molecule is COc1cc(-c2oc3c(OC)c(OC)c(OC(C)=O)c(OC(C)=O)c3c(=O)c2OC(C)=O)ccc1OC(C)=O. The highest BCUT2D eigenvalue weighted by Crippen LogP contribution is 2.52. The molecule has 0 radical (unpaired) electrons. The van der Waals surface area contributed by atoms with Crippen molar-refractivity contribution in [1.82, 2.24) is 0 Å². The second kappa shape index (κ2) is 11.5. The van der Waals surface area contributed by atoms with Crippen molar-refractivity contribution in [3.05, 3.63) is 28.4 Å². The van der Waals surface area contributed by atoms with Crippen LogP contribution in [0.4, 0.5) is 0 Å². The number of carbonyl (C=O) groups excluding carboxylic acids is 4. The predicted octanol–water partition coefficient (Wildman–Crippen LogP) is 3.19. The summed E-state index contributed by atoms with van der Waals surface area (Å²) >= 11 is 0. The van der Waals surface area contributed by atoms with E-state index in [-0.39, 0.29) is 39.9 Å². The number of ether oxygens (including phenoxy) is 7. The molecular formula is C26H24O13. The molecule has 0 bridgehead atoms. The lowest BCUT2D eigenvalue weighted by Gasteiger charge is -2.19. The van der Waals surface area contributed by atoms with E-state index in [1.165, 1.54) is 46.5 Å². The standard InChI is InChI=1S/C26H24O13/c1-11(27)35-16-9-8-15(10-17(16)32-5)20-23(37-13(3)29)19(31)18-21(39-20)24(33-6)25(34-7)26(38-14(4)30)22(18)36-12(2)28/h8-10H,1-7H3. The van der Waals surface area contributed by atoms with Crippen LogP contribution in [0.15, 0.2) is 27.4 Å². The fraction of sp³-hybridized carbons (Fsp3) is 0.269. The maximum atomic E-state index is 13.9. The maximum absolute atomic E-state index is 13.9. The molecule has 0 unspecified atom stereocenters. The normalized spacial score (nSPS) is 10.4. The maximum Gasteiger partial charge on any atom is 0.308 e. The molecule has 0 N–H and O–H groups in total. The Hall–Kier alpha value is -5.07. The van der Waals surface area contributed by atoms with Crippen LogP contribution in [-0.2, 0) is 19.2 Å². The zero-order chi connectivity index (χ0) is 29.0. The summed E-state index contributed by atoms with van der Waals surface area (Å²) < 4.78 is 42.9. The van der Waals surface area contributed by atoms with E-state index in [0.717, 1.165) is 20.8 Å². The Kier molecular flexibility index (Phi) is 8.44. The van der Waals surface area contributed by atoms with Crippen molar-refractivity contribution in [2.45, 2.75) is 27.7 Å². The number of methoxy groups -OCH3 is 3. The van der Waals surface area contributed by atoms with E-state index in [0.29, 0.717) is 0 Å². The predicted molar refractivity (Wildman–Crippen MR) is 133 cm³/mol. The number of benzene rings is 2. The molecule has 0 saturated carbocycles. The van der Waals surface area contributed by atoms with Gasteiger partial charge in [-0.25, -0.2) is 0 Å². The van der Waals surface area contributed by atoms with Crippen molar-refractivity contribution in [2.75, 3.05) is 21.3 Å². The van der Waals surface area contributed by atoms with Gasteiger partial charge in [0.25, 0.3) is 0 Å².